The summed E-state index contributed by atoms with van der Waals surface area (Å²) >= 11 is 1.81. The molecule has 2 aromatic rings. The second kappa shape index (κ2) is 5.77. The van der Waals surface area contributed by atoms with Gasteiger partial charge in [-0.15, -0.1) is 16.4 Å². The van der Waals surface area contributed by atoms with Crippen LogP contribution in [-0.2, 0) is 6.54 Å². The van der Waals surface area contributed by atoms with Gasteiger partial charge in [0.15, 0.2) is 0 Å². The van der Waals surface area contributed by atoms with Crippen LogP contribution in [0.15, 0.2) is 29.9 Å². The molecule has 0 aliphatic rings. The number of hydrogen-bond donors (Lipinski definition) is 1. The van der Waals surface area contributed by atoms with Crippen LogP contribution < -0.4 is 5.32 Å². The zero-order valence-electron chi connectivity index (χ0n) is 9.34. The van der Waals surface area contributed by atoms with Crippen molar-refractivity contribution in [2.75, 3.05) is 6.54 Å². The average molecular weight is 236 g/mol. The smallest absolute Gasteiger partial charge is 0.0692 e. The first-order valence-corrected chi connectivity index (χ1v) is 6.39. The predicted molar refractivity (Wildman–Crippen MR) is 65.4 cm³/mol. The van der Waals surface area contributed by atoms with Crippen molar-refractivity contribution in [3.63, 3.8) is 0 Å². The maximum Gasteiger partial charge on any atom is 0.0692 e. The van der Waals surface area contributed by atoms with Gasteiger partial charge >= 0.3 is 0 Å². The highest BCUT2D eigenvalue weighted by Crippen LogP contribution is 2.21. The van der Waals surface area contributed by atoms with Crippen LogP contribution in [0.5, 0.6) is 0 Å². The van der Waals surface area contributed by atoms with E-state index in [0.29, 0.717) is 6.04 Å². The van der Waals surface area contributed by atoms with Crippen molar-refractivity contribution in [1.82, 2.24) is 20.3 Å². The summed E-state index contributed by atoms with van der Waals surface area (Å²) in [6.45, 7) is 3.98. The lowest BCUT2D eigenvalue weighted by molar-refractivity contribution is 0.476. The molecule has 0 saturated heterocycles. The summed E-state index contributed by atoms with van der Waals surface area (Å²) < 4.78 is 1.84. The highest BCUT2D eigenvalue weighted by atomic mass is 32.1. The van der Waals surface area contributed by atoms with Gasteiger partial charge in [0.2, 0.25) is 0 Å². The Morgan fingerprint density at radius 1 is 1.56 bits per heavy atom. The van der Waals surface area contributed by atoms with Crippen LogP contribution in [0, 0.1) is 0 Å². The maximum absolute atomic E-state index is 3.93. The Bertz CT molecular complexity index is 382. The van der Waals surface area contributed by atoms with Gasteiger partial charge in [-0.2, -0.15) is 0 Å². The Labute approximate surface area is 99.3 Å². The van der Waals surface area contributed by atoms with Gasteiger partial charge in [-0.1, -0.05) is 18.2 Å². The van der Waals surface area contributed by atoms with E-state index in [0.717, 1.165) is 19.5 Å². The Balaban J connectivity index is 1.80. The minimum atomic E-state index is 0.462. The third-order valence-corrected chi connectivity index (χ3v) is 3.48. The quantitative estimate of drug-likeness (QED) is 0.835. The molecule has 0 aliphatic carbocycles. The number of nitrogens with one attached hydrogen (secondary N) is 1. The number of hydrogen-bond acceptors (Lipinski definition) is 4. The number of thiophene rings is 1. The molecule has 1 unspecified atom stereocenters. The lowest BCUT2D eigenvalue weighted by Crippen LogP contribution is -2.24. The third kappa shape index (κ3) is 2.90. The van der Waals surface area contributed by atoms with E-state index in [2.05, 4.69) is 40.1 Å². The minimum absolute atomic E-state index is 0.462. The lowest BCUT2D eigenvalue weighted by atomic mass is 10.2. The molecule has 0 fully saturated rings. The van der Waals surface area contributed by atoms with Crippen molar-refractivity contribution in [3.05, 3.63) is 34.8 Å². The molecule has 1 atom stereocenters. The second-order valence-electron chi connectivity index (χ2n) is 3.60. The van der Waals surface area contributed by atoms with Crippen molar-refractivity contribution in [3.8, 4) is 0 Å². The molecular weight excluding hydrogens is 220 g/mol. The van der Waals surface area contributed by atoms with Crippen molar-refractivity contribution >= 4 is 11.3 Å². The fourth-order valence-corrected chi connectivity index (χ4v) is 2.53. The van der Waals surface area contributed by atoms with Gasteiger partial charge in [0.1, 0.15) is 0 Å². The van der Waals surface area contributed by atoms with E-state index in [1.807, 2.05) is 10.9 Å². The summed E-state index contributed by atoms with van der Waals surface area (Å²) in [5.41, 5.74) is 0. The van der Waals surface area contributed by atoms with Gasteiger partial charge in [0, 0.05) is 23.7 Å². The molecule has 2 heterocycles. The van der Waals surface area contributed by atoms with E-state index in [1.54, 1.807) is 17.5 Å². The summed E-state index contributed by atoms with van der Waals surface area (Å²) in [7, 11) is 0. The minimum Gasteiger partial charge on any atom is -0.307 e. The molecule has 16 heavy (non-hydrogen) atoms. The van der Waals surface area contributed by atoms with Gasteiger partial charge < -0.3 is 5.32 Å². The monoisotopic (exact) mass is 236 g/mol. The van der Waals surface area contributed by atoms with Crippen LogP contribution >= 0.6 is 11.3 Å². The van der Waals surface area contributed by atoms with E-state index in [1.165, 1.54) is 4.88 Å². The molecule has 0 spiro atoms. The first-order chi connectivity index (χ1) is 7.90. The van der Waals surface area contributed by atoms with Crippen LogP contribution in [0.2, 0.25) is 0 Å². The molecule has 0 saturated carbocycles. The van der Waals surface area contributed by atoms with E-state index >= 15 is 0 Å². The SMILES string of the molecule is CCC(NCCn1ccnn1)c1cccs1. The molecule has 86 valence electrons. The summed E-state index contributed by atoms with van der Waals surface area (Å²) in [6, 6.07) is 4.74. The van der Waals surface area contributed by atoms with Crippen LogP contribution in [-0.4, -0.2) is 21.5 Å². The Kier molecular flexibility index (Phi) is 4.07. The van der Waals surface area contributed by atoms with Crippen molar-refractivity contribution < 1.29 is 0 Å². The molecule has 0 radical (unpaired) electrons. The van der Waals surface area contributed by atoms with Crippen LogP contribution in [0.1, 0.15) is 24.3 Å². The van der Waals surface area contributed by atoms with Crippen molar-refractivity contribution in [2.45, 2.75) is 25.9 Å². The van der Waals surface area contributed by atoms with Crippen LogP contribution in [0.25, 0.3) is 0 Å². The Morgan fingerprint density at radius 3 is 3.12 bits per heavy atom. The molecule has 0 bridgehead atoms. The summed E-state index contributed by atoms with van der Waals surface area (Å²) in [5, 5.41) is 13.4. The van der Waals surface area contributed by atoms with Crippen LogP contribution in [0.3, 0.4) is 0 Å². The lowest BCUT2D eigenvalue weighted by Gasteiger charge is -2.15. The Morgan fingerprint density at radius 2 is 2.50 bits per heavy atom. The number of nitrogens with zero attached hydrogens (tertiary/aromatic N) is 3. The molecule has 4 nitrogen and oxygen atoms in total. The third-order valence-electron chi connectivity index (χ3n) is 2.50. The standard InChI is InChI=1S/C11H16N4S/c1-2-10(11-4-3-9-16-11)12-5-7-15-8-6-13-14-15/h3-4,6,8-10,12H,2,5,7H2,1H3. The normalized spacial score (nSPS) is 12.8. The van der Waals surface area contributed by atoms with Gasteiger partial charge in [0.25, 0.3) is 0 Å². The van der Waals surface area contributed by atoms with E-state index in [-0.39, 0.29) is 0 Å². The highest BCUT2D eigenvalue weighted by molar-refractivity contribution is 7.10. The number of rotatable bonds is 6. The fourth-order valence-electron chi connectivity index (χ4n) is 1.64. The van der Waals surface area contributed by atoms with Gasteiger partial charge in [-0.25, -0.2) is 0 Å². The van der Waals surface area contributed by atoms with Gasteiger partial charge in [0.05, 0.1) is 12.7 Å². The summed E-state index contributed by atoms with van der Waals surface area (Å²) in [6.07, 6.45) is 4.70. The first-order valence-electron chi connectivity index (χ1n) is 5.51. The average Bonchev–Trinajstić information content (AvgIpc) is 2.96. The van der Waals surface area contributed by atoms with E-state index in [9.17, 15) is 0 Å². The summed E-state index contributed by atoms with van der Waals surface area (Å²) in [4.78, 5) is 1.40. The molecule has 0 aromatic carbocycles. The van der Waals surface area contributed by atoms with E-state index in [4.69, 9.17) is 0 Å². The maximum atomic E-state index is 3.93. The van der Waals surface area contributed by atoms with E-state index < -0.39 is 0 Å². The van der Waals surface area contributed by atoms with Crippen LogP contribution in [0.4, 0.5) is 0 Å². The van der Waals surface area contributed by atoms with Crippen molar-refractivity contribution in [1.29, 1.82) is 0 Å². The molecule has 2 rings (SSSR count). The molecule has 2 aromatic heterocycles. The Hall–Kier alpha value is -1.20. The van der Waals surface area contributed by atoms with Gasteiger partial charge in [-0.3, -0.25) is 4.68 Å². The first kappa shape index (κ1) is 11.3. The highest BCUT2D eigenvalue weighted by Gasteiger charge is 2.08. The number of aromatic nitrogens is 3. The van der Waals surface area contributed by atoms with Crippen molar-refractivity contribution in [2.24, 2.45) is 0 Å². The zero-order chi connectivity index (χ0) is 11.2. The molecule has 0 amide bonds. The predicted octanol–water partition coefficient (Wildman–Crippen LogP) is 2.08. The molecule has 5 heteroatoms. The summed E-state index contributed by atoms with van der Waals surface area (Å²) in [5.74, 6) is 0. The fraction of sp³-hybridized carbons (Fsp3) is 0.455. The second-order valence-corrected chi connectivity index (χ2v) is 4.58. The molecule has 0 aliphatic heterocycles. The molecule has 1 N–H and O–H groups in total. The van der Waals surface area contributed by atoms with Gasteiger partial charge in [-0.05, 0) is 17.9 Å². The topological polar surface area (TPSA) is 42.7 Å². The largest absolute Gasteiger partial charge is 0.307 e. The zero-order valence-corrected chi connectivity index (χ0v) is 10.2. The molecular formula is C11H16N4S.